The van der Waals surface area contributed by atoms with Crippen LogP contribution in [0.5, 0.6) is 0 Å². The zero-order chi connectivity index (χ0) is 30.1. The van der Waals surface area contributed by atoms with Crippen molar-refractivity contribution in [2.24, 2.45) is 32.9 Å². The number of likely N-dealkylation sites (N-methyl/N-ethyl adjacent to an activating group) is 1. The van der Waals surface area contributed by atoms with E-state index in [0.717, 1.165) is 0 Å². The molecule has 40 heavy (non-hydrogen) atoms. The second-order valence-corrected chi connectivity index (χ2v) is 9.89. The standard InChI is InChI=1S/C21H39N7O12/c1-5-21(36,4-30)16(40-17-9(26-2)13(34)10(31)6(3-29)38-17)18(37-5)39-15-8(28-20(24)25)11(32)7(27-19(22)23)12(33)14(15)35/h4-18,26,29,31-36H,3H2,1-2H3,(H4,22,23,27)(H4,24,25,28)/t5-,6+,7+,8+,9+,10-,11-,12+,13+,14+,15+,16-,17-,18+,21-/m1/s1. The molecule has 2 aliphatic heterocycles. The molecular weight excluding hydrogens is 542 g/mol. The molecule has 16 N–H and O–H groups in total. The van der Waals surface area contributed by atoms with Crippen molar-refractivity contribution in [2.75, 3.05) is 13.7 Å². The predicted molar refractivity (Wildman–Crippen MR) is 133 cm³/mol. The van der Waals surface area contributed by atoms with Gasteiger partial charge < -0.3 is 82.9 Å². The molecule has 15 atom stereocenters. The highest BCUT2D eigenvalue weighted by Gasteiger charge is 2.60. The maximum Gasteiger partial charge on any atom is 0.188 e. The first kappa shape index (κ1) is 32.2. The second-order valence-electron chi connectivity index (χ2n) is 9.89. The number of guanidine groups is 2. The molecule has 2 heterocycles. The van der Waals surface area contributed by atoms with Crippen LogP contribution >= 0.6 is 0 Å². The van der Waals surface area contributed by atoms with Gasteiger partial charge in [-0.1, -0.05) is 0 Å². The van der Waals surface area contributed by atoms with Crippen molar-refractivity contribution in [3.05, 3.63) is 0 Å². The molecule has 0 bridgehead atoms. The molecule has 2 saturated heterocycles. The Kier molecular flexibility index (Phi) is 10.2. The first-order valence-electron chi connectivity index (χ1n) is 12.4. The Balaban J connectivity index is 1.96. The maximum absolute atomic E-state index is 12.1. The molecule has 3 fully saturated rings. The molecule has 0 amide bonds. The third-order valence-corrected chi connectivity index (χ3v) is 7.34. The average molecular weight is 582 g/mol. The third kappa shape index (κ3) is 6.00. The zero-order valence-corrected chi connectivity index (χ0v) is 21.7. The first-order valence-corrected chi connectivity index (χ1v) is 12.4. The summed E-state index contributed by atoms with van der Waals surface area (Å²) in [5.74, 6) is -1.03. The highest BCUT2D eigenvalue weighted by Crippen LogP contribution is 2.38. The highest BCUT2D eigenvalue weighted by molar-refractivity contribution is 5.76. The molecule has 0 aromatic heterocycles. The summed E-state index contributed by atoms with van der Waals surface area (Å²) in [6, 6.07) is -4.08. The molecule has 3 rings (SSSR count). The van der Waals surface area contributed by atoms with Gasteiger partial charge in [0, 0.05) is 0 Å². The van der Waals surface area contributed by atoms with Crippen LogP contribution in [0.2, 0.25) is 0 Å². The summed E-state index contributed by atoms with van der Waals surface area (Å²) in [4.78, 5) is 19.7. The Labute approximate surface area is 228 Å². The molecule has 0 radical (unpaired) electrons. The van der Waals surface area contributed by atoms with Crippen LogP contribution < -0.4 is 28.3 Å². The highest BCUT2D eigenvalue weighted by atomic mass is 16.8. The van der Waals surface area contributed by atoms with Crippen LogP contribution in [0.25, 0.3) is 0 Å². The Morgan fingerprint density at radius 1 is 0.900 bits per heavy atom. The quantitative estimate of drug-likeness (QED) is 0.0682. The lowest BCUT2D eigenvalue weighted by Crippen LogP contribution is -2.66. The third-order valence-electron chi connectivity index (χ3n) is 7.34. The molecule has 0 spiro atoms. The minimum absolute atomic E-state index is 0.140. The van der Waals surface area contributed by atoms with Crippen molar-refractivity contribution in [1.82, 2.24) is 5.32 Å². The summed E-state index contributed by atoms with van der Waals surface area (Å²) >= 11 is 0. The fourth-order valence-electron chi connectivity index (χ4n) is 5.08. The van der Waals surface area contributed by atoms with Crippen molar-refractivity contribution >= 4 is 18.2 Å². The van der Waals surface area contributed by atoms with E-state index >= 15 is 0 Å². The number of ether oxygens (including phenoxy) is 4. The number of carbonyl (C=O) groups excluding carboxylic acids is 1. The van der Waals surface area contributed by atoms with E-state index in [-0.39, 0.29) is 6.29 Å². The molecule has 1 aliphatic carbocycles. The van der Waals surface area contributed by atoms with Gasteiger partial charge >= 0.3 is 0 Å². The number of aldehydes is 1. The maximum atomic E-state index is 12.1. The minimum Gasteiger partial charge on any atom is -0.394 e. The van der Waals surface area contributed by atoms with Gasteiger partial charge in [-0.05, 0) is 14.0 Å². The lowest BCUT2D eigenvalue weighted by atomic mass is 9.81. The summed E-state index contributed by atoms with van der Waals surface area (Å²) < 4.78 is 22.9. The number of hydrogen-bond acceptors (Lipinski definition) is 15. The monoisotopic (exact) mass is 581 g/mol. The number of aliphatic hydroxyl groups is 7. The van der Waals surface area contributed by atoms with Crippen molar-refractivity contribution < 1.29 is 59.5 Å². The van der Waals surface area contributed by atoms with Crippen LogP contribution in [0.3, 0.4) is 0 Å². The van der Waals surface area contributed by atoms with Crippen LogP contribution in [0, 0.1) is 0 Å². The van der Waals surface area contributed by atoms with Crippen molar-refractivity contribution in [3.8, 4) is 0 Å². The fraction of sp³-hybridized carbons (Fsp3) is 0.857. The molecule has 0 aromatic carbocycles. The van der Waals surface area contributed by atoms with E-state index in [9.17, 15) is 40.5 Å². The second kappa shape index (κ2) is 12.7. The number of aliphatic hydroxyl groups excluding tert-OH is 6. The van der Waals surface area contributed by atoms with Gasteiger partial charge in [0.2, 0.25) is 0 Å². The number of carbonyl (C=O) groups is 1. The van der Waals surface area contributed by atoms with Crippen molar-refractivity contribution in [1.29, 1.82) is 0 Å². The Morgan fingerprint density at radius 2 is 1.50 bits per heavy atom. The summed E-state index contributed by atoms with van der Waals surface area (Å²) in [5.41, 5.74) is 19.4. The lowest BCUT2D eigenvalue weighted by Gasteiger charge is -2.45. The molecule has 19 heteroatoms. The van der Waals surface area contributed by atoms with Crippen LogP contribution in [0.4, 0.5) is 0 Å². The Hall–Kier alpha value is -2.27. The van der Waals surface area contributed by atoms with Gasteiger partial charge in [-0.2, -0.15) is 0 Å². The molecule has 230 valence electrons. The van der Waals surface area contributed by atoms with Crippen LogP contribution in [-0.2, 0) is 23.7 Å². The van der Waals surface area contributed by atoms with E-state index < -0.39 is 110 Å². The summed E-state index contributed by atoms with van der Waals surface area (Å²) in [7, 11) is 1.42. The fourth-order valence-corrected chi connectivity index (χ4v) is 5.08. The van der Waals surface area contributed by atoms with Gasteiger partial charge in [0.15, 0.2) is 36.4 Å². The number of nitrogens with one attached hydrogen (secondary N) is 1. The van der Waals surface area contributed by atoms with E-state index in [1.165, 1.54) is 14.0 Å². The summed E-state index contributed by atoms with van der Waals surface area (Å²) in [6.45, 7) is 0.620. The van der Waals surface area contributed by atoms with E-state index in [2.05, 4.69) is 15.3 Å². The summed E-state index contributed by atoms with van der Waals surface area (Å²) in [6.07, 6.45) is -17.3. The van der Waals surface area contributed by atoms with Crippen LogP contribution in [-0.4, -0.2) is 159 Å². The largest absolute Gasteiger partial charge is 0.394 e. The number of rotatable bonds is 9. The minimum atomic E-state index is -2.38. The van der Waals surface area contributed by atoms with Gasteiger partial charge in [-0.15, -0.1) is 0 Å². The van der Waals surface area contributed by atoms with Gasteiger partial charge in [0.1, 0.15) is 60.9 Å². The SMILES string of the molecule is CN[C@@H]1[C@@H](O[C@@H]2[C@H](O[C@@H]3[C@@H](O)[C@@H](O)[C@@H](N=C(N)N)[C@@H](O)[C@@H]3N=C(N)N)O[C@H](C)[C@]2(O)C=O)O[C@@H](CO)[C@@H](O)[C@H]1O. The van der Waals surface area contributed by atoms with E-state index in [0.29, 0.717) is 0 Å². The number of aliphatic imine (C=N–C) groups is 2. The van der Waals surface area contributed by atoms with Gasteiger partial charge in [0.25, 0.3) is 0 Å². The van der Waals surface area contributed by atoms with Crippen LogP contribution in [0.1, 0.15) is 6.92 Å². The first-order chi connectivity index (χ1) is 18.7. The smallest absolute Gasteiger partial charge is 0.188 e. The van der Waals surface area contributed by atoms with Crippen molar-refractivity contribution in [2.45, 2.75) is 98.2 Å². The van der Waals surface area contributed by atoms with E-state index in [1.54, 1.807) is 0 Å². The molecule has 0 aromatic rings. The van der Waals surface area contributed by atoms with E-state index in [1.807, 2.05) is 0 Å². The Morgan fingerprint density at radius 3 is 2.02 bits per heavy atom. The average Bonchev–Trinajstić information content (AvgIpc) is 3.13. The number of hydrogen-bond donors (Lipinski definition) is 12. The summed E-state index contributed by atoms with van der Waals surface area (Å²) in [5, 5.41) is 76.6. The molecule has 3 aliphatic rings. The van der Waals surface area contributed by atoms with Gasteiger partial charge in [-0.25, -0.2) is 9.98 Å². The lowest BCUT2D eigenvalue weighted by molar-refractivity contribution is -0.314. The molecular formula is C21H39N7O12. The predicted octanol–water partition coefficient (Wildman–Crippen LogP) is -8.16. The van der Waals surface area contributed by atoms with Crippen LogP contribution in [0.15, 0.2) is 9.98 Å². The normalized spacial score (nSPS) is 47.4. The zero-order valence-electron chi connectivity index (χ0n) is 21.7. The van der Waals surface area contributed by atoms with Crippen molar-refractivity contribution in [3.63, 3.8) is 0 Å². The van der Waals surface area contributed by atoms with Gasteiger partial charge in [-0.3, -0.25) is 4.79 Å². The van der Waals surface area contributed by atoms with E-state index in [4.69, 9.17) is 41.9 Å². The molecule has 19 nitrogen and oxygen atoms in total. The number of nitrogens with zero attached hydrogens (tertiary/aromatic N) is 2. The molecule has 0 unspecified atom stereocenters. The van der Waals surface area contributed by atoms with Gasteiger partial charge in [0.05, 0.1) is 18.8 Å². The molecule has 1 saturated carbocycles. The topological polar surface area (TPSA) is 336 Å². The Bertz CT molecular complexity index is 940. The number of nitrogens with two attached hydrogens (primary N) is 4.